The summed E-state index contributed by atoms with van der Waals surface area (Å²) < 4.78 is 0. The topological polar surface area (TPSA) is 97.6 Å². The summed E-state index contributed by atoms with van der Waals surface area (Å²) in [5, 5.41) is 7.01. The molecule has 0 spiro atoms. The first-order valence-corrected chi connectivity index (χ1v) is 2.95. The Balaban J connectivity index is 0.000000461. The molecule has 0 atom stereocenters. The van der Waals surface area contributed by atoms with Crippen LogP contribution in [0.15, 0.2) is 30.3 Å². The lowest BCUT2D eigenvalue weighted by atomic mass is 10.2. The molecule has 0 unspecified atom stereocenters. The van der Waals surface area contributed by atoms with E-state index in [9.17, 15) is 0 Å². The fourth-order valence-corrected chi connectivity index (χ4v) is 0.618. The number of nitrogens with one attached hydrogen (secondary N) is 3. The van der Waals surface area contributed by atoms with Gasteiger partial charge in [-0.05, 0) is 0 Å². The monoisotopic (exact) mass is 150 g/mol. The Morgan fingerprint density at radius 3 is 1.82 bits per heavy atom. The number of amidine groups is 1. The Labute approximate surface area is 64.9 Å². The standard InChI is InChI=1S/C7H8N2.H2N2/c8-7(9)6-4-2-1-3-5-6;1-2/h1-5H,(H3,8,9);1-2H. The van der Waals surface area contributed by atoms with Gasteiger partial charge >= 0.3 is 0 Å². The Morgan fingerprint density at radius 2 is 1.55 bits per heavy atom. The average molecular weight is 150 g/mol. The fourth-order valence-electron chi connectivity index (χ4n) is 0.618. The Kier molecular flexibility index (Phi) is 4.31. The maximum Gasteiger partial charge on any atom is 0.122 e. The molecular formula is C7H10N4. The van der Waals surface area contributed by atoms with Gasteiger partial charge in [0.05, 0.1) is 0 Å². The summed E-state index contributed by atoms with van der Waals surface area (Å²) in [6.07, 6.45) is 0. The molecule has 0 saturated heterocycles. The predicted molar refractivity (Wildman–Crippen MR) is 42.9 cm³/mol. The molecule has 1 aromatic rings. The maximum atomic E-state index is 7.01. The number of rotatable bonds is 1. The van der Waals surface area contributed by atoms with Crippen LogP contribution in [0.1, 0.15) is 5.56 Å². The summed E-state index contributed by atoms with van der Waals surface area (Å²) >= 11 is 0. The van der Waals surface area contributed by atoms with E-state index in [4.69, 9.17) is 22.2 Å². The minimum absolute atomic E-state index is 0.121. The van der Waals surface area contributed by atoms with Crippen LogP contribution in [0.3, 0.4) is 0 Å². The van der Waals surface area contributed by atoms with E-state index in [1.165, 1.54) is 0 Å². The second kappa shape index (κ2) is 5.10. The number of nitrogen functional groups attached to an aromatic ring is 1. The SMILES string of the molecule is N=C(N)c1ccccc1.N=N. The smallest absolute Gasteiger partial charge is 0.122 e. The highest BCUT2D eigenvalue weighted by Gasteiger charge is 1.89. The summed E-state index contributed by atoms with van der Waals surface area (Å²) in [4.78, 5) is 0. The van der Waals surface area contributed by atoms with Gasteiger partial charge in [-0.25, -0.2) is 11.1 Å². The molecule has 4 nitrogen and oxygen atoms in total. The van der Waals surface area contributed by atoms with Crippen molar-refractivity contribution in [3.63, 3.8) is 0 Å². The highest BCUT2D eigenvalue weighted by atomic mass is 14.7. The lowest BCUT2D eigenvalue weighted by Gasteiger charge is -1.93. The first-order valence-electron chi connectivity index (χ1n) is 2.95. The largest absolute Gasteiger partial charge is 0.384 e. The van der Waals surface area contributed by atoms with E-state index in [1.54, 1.807) is 0 Å². The van der Waals surface area contributed by atoms with Crippen molar-refractivity contribution in [3.05, 3.63) is 35.9 Å². The highest BCUT2D eigenvalue weighted by Crippen LogP contribution is 1.94. The van der Waals surface area contributed by atoms with Crippen LogP contribution in [0.2, 0.25) is 0 Å². The minimum Gasteiger partial charge on any atom is -0.384 e. The molecule has 1 rings (SSSR count). The van der Waals surface area contributed by atoms with Crippen LogP contribution in [0.25, 0.3) is 0 Å². The predicted octanol–water partition coefficient (Wildman–Crippen LogP) is 1.57. The van der Waals surface area contributed by atoms with E-state index in [0.29, 0.717) is 0 Å². The van der Waals surface area contributed by atoms with Gasteiger partial charge in [-0.15, -0.1) is 0 Å². The normalized spacial score (nSPS) is 7.64. The van der Waals surface area contributed by atoms with Crippen molar-refractivity contribution in [2.75, 3.05) is 0 Å². The summed E-state index contributed by atoms with van der Waals surface area (Å²) in [7, 11) is 0. The second-order valence-electron chi connectivity index (χ2n) is 1.78. The average Bonchev–Trinajstić information content (AvgIpc) is 2.10. The van der Waals surface area contributed by atoms with Crippen LogP contribution < -0.4 is 5.73 Å². The number of nitrogens with two attached hydrogens (primary N) is 1. The van der Waals surface area contributed by atoms with E-state index in [0.717, 1.165) is 5.56 Å². The molecule has 0 heterocycles. The zero-order chi connectivity index (χ0) is 8.69. The van der Waals surface area contributed by atoms with E-state index in [-0.39, 0.29) is 5.84 Å². The lowest BCUT2D eigenvalue weighted by molar-refractivity contribution is 1.05. The minimum atomic E-state index is 0.121. The number of benzene rings is 1. The van der Waals surface area contributed by atoms with Crippen LogP contribution in [-0.4, -0.2) is 5.84 Å². The van der Waals surface area contributed by atoms with Gasteiger partial charge in [0.25, 0.3) is 0 Å². The van der Waals surface area contributed by atoms with Crippen LogP contribution >= 0.6 is 0 Å². The Morgan fingerprint density at radius 1 is 1.09 bits per heavy atom. The molecule has 0 amide bonds. The quantitative estimate of drug-likeness (QED) is 0.273. The van der Waals surface area contributed by atoms with Crippen molar-refractivity contribution in [2.24, 2.45) is 5.73 Å². The molecule has 0 aliphatic heterocycles. The van der Waals surface area contributed by atoms with E-state index < -0.39 is 0 Å². The molecule has 0 saturated carbocycles. The molecule has 11 heavy (non-hydrogen) atoms. The van der Waals surface area contributed by atoms with Gasteiger partial charge < -0.3 is 5.73 Å². The molecule has 0 aliphatic rings. The third kappa shape index (κ3) is 3.10. The molecule has 0 fully saturated rings. The first kappa shape index (κ1) is 9.29. The second-order valence-corrected chi connectivity index (χ2v) is 1.78. The first-order chi connectivity index (χ1) is 5.30. The third-order valence-electron chi connectivity index (χ3n) is 1.08. The summed E-state index contributed by atoms with van der Waals surface area (Å²) in [6, 6.07) is 9.23. The lowest BCUT2D eigenvalue weighted by Crippen LogP contribution is -2.10. The van der Waals surface area contributed by atoms with Gasteiger partial charge in [0.2, 0.25) is 0 Å². The van der Waals surface area contributed by atoms with Crippen LogP contribution in [-0.2, 0) is 0 Å². The van der Waals surface area contributed by atoms with Gasteiger partial charge in [-0.3, -0.25) is 5.41 Å². The van der Waals surface area contributed by atoms with Gasteiger partial charge in [0.1, 0.15) is 5.84 Å². The molecule has 58 valence electrons. The highest BCUT2D eigenvalue weighted by molar-refractivity contribution is 5.94. The van der Waals surface area contributed by atoms with E-state index >= 15 is 0 Å². The van der Waals surface area contributed by atoms with Gasteiger partial charge in [0, 0.05) is 5.56 Å². The van der Waals surface area contributed by atoms with Crippen molar-refractivity contribution in [1.82, 2.24) is 0 Å². The molecule has 0 radical (unpaired) electrons. The fraction of sp³-hybridized carbons (Fsp3) is 0. The van der Waals surface area contributed by atoms with Crippen LogP contribution in [0.5, 0.6) is 0 Å². The summed E-state index contributed by atoms with van der Waals surface area (Å²) in [5.41, 5.74) is 16.0. The number of hydrogen-bond acceptors (Lipinski definition) is 3. The van der Waals surface area contributed by atoms with Crippen molar-refractivity contribution < 1.29 is 0 Å². The summed E-state index contributed by atoms with van der Waals surface area (Å²) in [5.74, 6) is 0.121. The summed E-state index contributed by atoms with van der Waals surface area (Å²) in [6.45, 7) is 0. The molecule has 0 bridgehead atoms. The van der Waals surface area contributed by atoms with E-state index in [1.807, 2.05) is 30.3 Å². The maximum absolute atomic E-state index is 7.01. The van der Waals surface area contributed by atoms with Gasteiger partial charge in [-0.2, -0.15) is 0 Å². The Hall–Kier alpha value is -1.71. The van der Waals surface area contributed by atoms with Crippen molar-refractivity contribution in [2.45, 2.75) is 0 Å². The molecule has 4 heteroatoms. The molecule has 1 aromatic carbocycles. The van der Waals surface area contributed by atoms with E-state index in [2.05, 4.69) is 0 Å². The molecule has 5 N–H and O–H groups in total. The molecular weight excluding hydrogens is 140 g/mol. The van der Waals surface area contributed by atoms with Crippen molar-refractivity contribution in [1.29, 1.82) is 16.5 Å². The van der Waals surface area contributed by atoms with Gasteiger partial charge in [0.15, 0.2) is 0 Å². The Bertz CT molecular complexity index is 219. The van der Waals surface area contributed by atoms with Crippen molar-refractivity contribution >= 4 is 5.84 Å². The third-order valence-corrected chi connectivity index (χ3v) is 1.08. The molecule has 0 aliphatic carbocycles. The number of hydrogen-bond donors (Lipinski definition) is 4. The van der Waals surface area contributed by atoms with Crippen LogP contribution in [0, 0.1) is 16.5 Å². The van der Waals surface area contributed by atoms with Gasteiger partial charge in [-0.1, -0.05) is 30.3 Å². The van der Waals surface area contributed by atoms with Crippen LogP contribution in [0.4, 0.5) is 0 Å². The zero-order valence-corrected chi connectivity index (χ0v) is 5.96. The van der Waals surface area contributed by atoms with Crippen molar-refractivity contribution in [3.8, 4) is 0 Å². The zero-order valence-electron chi connectivity index (χ0n) is 5.96. The molecule has 0 aromatic heterocycles.